The predicted molar refractivity (Wildman–Crippen MR) is 98.0 cm³/mol. The lowest BCUT2D eigenvalue weighted by Gasteiger charge is -2.11. The Morgan fingerprint density at radius 1 is 1.04 bits per heavy atom. The number of hydrogen-bond donors (Lipinski definition) is 1. The zero-order valence-corrected chi connectivity index (χ0v) is 15.1. The molecule has 0 fully saturated rings. The summed E-state index contributed by atoms with van der Waals surface area (Å²) in [5.74, 6) is 0.438. The standard InChI is InChI=1S/C18H20N2O4S/c1-20(2)25(22,23)17-11-7-15(8-12-17)19-18(21)13-6-14-4-9-16(24-3)10-5-14/h4-13H,1-3H3,(H,19,21). The fourth-order valence-electron chi connectivity index (χ4n) is 1.99. The highest BCUT2D eigenvalue weighted by Gasteiger charge is 2.16. The maximum absolute atomic E-state index is 12.0. The van der Waals surface area contributed by atoms with E-state index in [1.807, 2.05) is 24.3 Å². The number of hydrogen-bond acceptors (Lipinski definition) is 4. The van der Waals surface area contributed by atoms with Gasteiger partial charge in [0.1, 0.15) is 5.75 Å². The summed E-state index contributed by atoms with van der Waals surface area (Å²) >= 11 is 0. The SMILES string of the molecule is COc1ccc(C=CC(=O)Nc2ccc(S(=O)(=O)N(C)C)cc2)cc1. The highest BCUT2D eigenvalue weighted by atomic mass is 32.2. The van der Waals surface area contributed by atoms with Crippen LogP contribution >= 0.6 is 0 Å². The van der Waals surface area contributed by atoms with Gasteiger partial charge >= 0.3 is 0 Å². The van der Waals surface area contributed by atoms with E-state index < -0.39 is 10.0 Å². The van der Waals surface area contributed by atoms with Gasteiger partial charge < -0.3 is 10.1 Å². The van der Waals surface area contributed by atoms with Gasteiger partial charge in [-0.15, -0.1) is 0 Å². The molecule has 6 nitrogen and oxygen atoms in total. The van der Waals surface area contributed by atoms with E-state index in [1.54, 1.807) is 25.3 Å². The van der Waals surface area contributed by atoms with Gasteiger partial charge in [0, 0.05) is 25.9 Å². The first kappa shape index (κ1) is 18.7. The van der Waals surface area contributed by atoms with Crippen LogP contribution in [0.1, 0.15) is 5.56 Å². The van der Waals surface area contributed by atoms with Crippen molar-refractivity contribution < 1.29 is 17.9 Å². The van der Waals surface area contributed by atoms with E-state index in [-0.39, 0.29) is 10.8 Å². The minimum Gasteiger partial charge on any atom is -0.497 e. The van der Waals surface area contributed by atoms with Crippen LogP contribution in [0.3, 0.4) is 0 Å². The third-order valence-electron chi connectivity index (χ3n) is 3.44. The van der Waals surface area contributed by atoms with Crippen LogP contribution in [0.4, 0.5) is 5.69 Å². The fourth-order valence-corrected chi connectivity index (χ4v) is 2.89. The van der Waals surface area contributed by atoms with Gasteiger partial charge in [0.2, 0.25) is 15.9 Å². The smallest absolute Gasteiger partial charge is 0.248 e. The van der Waals surface area contributed by atoms with Crippen molar-refractivity contribution in [3.8, 4) is 5.75 Å². The van der Waals surface area contributed by atoms with Gasteiger partial charge in [-0.3, -0.25) is 4.79 Å². The molecule has 0 aliphatic rings. The van der Waals surface area contributed by atoms with Gasteiger partial charge in [0.25, 0.3) is 0 Å². The molecule has 7 heteroatoms. The summed E-state index contributed by atoms with van der Waals surface area (Å²) in [6, 6.07) is 13.3. The molecule has 0 heterocycles. The van der Waals surface area contributed by atoms with Gasteiger partial charge in [-0.1, -0.05) is 12.1 Å². The van der Waals surface area contributed by atoms with E-state index in [1.165, 1.54) is 32.3 Å². The number of carbonyl (C=O) groups excluding carboxylic acids is 1. The van der Waals surface area contributed by atoms with Crippen LogP contribution in [-0.2, 0) is 14.8 Å². The van der Waals surface area contributed by atoms with Gasteiger partial charge in [-0.2, -0.15) is 0 Å². The second kappa shape index (κ2) is 7.96. The number of nitrogens with one attached hydrogen (secondary N) is 1. The lowest BCUT2D eigenvalue weighted by molar-refractivity contribution is -0.111. The topological polar surface area (TPSA) is 75.7 Å². The predicted octanol–water partition coefficient (Wildman–Crippen LogP) is 2.60. The molecule has 0 radical (unpaired) electrons. The number of amides is 1. The summed E-state index contributed by atoms with van der Waals surface area (Å²) in [5, 5.41) is 2.68. The molecule has 132 valence electrons. The monoisotopic (exact) mass is 360 g/mol. The first-order chi connectivity index (χ1) is 11.8. The van der Waals surface area contributed by atoms with Crippen LogP contribution < -0.4 is 10.1 Å². The van der Waals surface area contributed by atoms with Crippen LogP contribution in [0.15, 0.2) is 59.5 Å². The van der Waals surface area contributed by atoms with Gasteiger partial charge in [0.05, 0.1) is 12.0 Å². The van der Waals surface area contributed by atoms with E-state index in [0.29, 0.717) is 5.69 Å². The molecule has 25 heavy (non-hydrogen) atoms. The Hall–Kier alpha value is -2.64. The number of ether oxygens (including phenoxy) is 1. The lowest BCUT2D eigenvalue weighted by Crippen LogP contribution is -2.22. The van der Waals surface area contributed by atoms with Crippen LogP contribution in [0.2, 0.25) is 0 Å². The third-order valence-corrected chi connectivity index (χ3v) is 5.27. The van der Waals surface area contributed by atoms with Crippen molar-refractivity contribution in [1.82, 2.24) is 4.31 Å². The summed E-state index contributed by atoms with van der Waals surface area (Å²) in [7, 11) is 1.05. The van der Waals surface area contributed by atoms with Crippen molar-refractivity contribution in [1.29, 1.82) is 0 Å². The summed E-state index contributed by atoms with van der Waals surface area (Å²) in [6.45, 7) is 0. The first-order valence-corrected chi connectivity index (χ1v) is 8.92. The van der Waals surface area contributed by atoms with Gasteiger partial charge in [0.15, 0.2) is 0 Å². The second-order valence-electron chi connectivity index (χ2n) is 5.41. The number of carbonyl (C=O) groups is 1. The number of benzene rings is 2. The molecule has 0 unspecified atom stereocenters. The molecule has 0 saturated carbocycles. The first-order valence-electron chi connectivity index (χ1n) is 7.48. The molecule has 0 aliphatic heterocycles. The van der Waals surface area contributed by atoms with Crippen molar-refractivity contribution in [3.63, 3.8) is 0 Å². The molecule has 2 aromatic rings. The quantitative estimate of drug-likeness (QED) is 0.804. The van der Waals surface area contributed by atoms with E-state index in [2.05, 4.69) is 5.32 Å². The van der Waals surface area contributed by atoms with E-state index in [9.17, 15) is 13.2 Å². The van der Waals surface area contributed by atoms with E-state index in [0.717, 1.165) is 15.6 Å². The average molecular weight is 360 g/mol. The molecular weight excluding hydrogens is 340 g/mol. The van der Waals surface area contributed by atoms with Crippen molar-refractivity contribution in [2.75, 3.05) is 26.5 Å². The van der Waals surface area contributed by atoms with Gasteiger partial charge in [-0.25, -0.2) is 12.7 Å². The second-order valence-corrected chi connectivity index (χ2v) is 7.56. The van der Waals surface area contributed by atoms with Crippen LogP contribution in [0.5, 0.6) is 5.75 Å². The Morgan fingerprint density at radius 3 is 2.16 bits per heavy atom. The molecule has 0 saturated heterocycles. The molecule has 2 rings (SSSR count). The highest BCUT2D eigenvalue weighted by Crippen LogP contribution is 2.17. The third kappa shape index (κ3) is 4.91. The van der Waals surface area contributed by atoms with Crippen LogP contribution in [0.25, 0.3) is 6.08 Å². The molecular formula is C18H20N2O4S. The van der Waals surface area contributed by atoms with Crippen molar-refractivity contribution in [2.45, 2.75) is 4.90 Å². The van der Waals surface area contributed by atoms with Crippen LogP contribution in [0, 0.1) is 0 Å². The van der Waals surface area contributed by atoms with Crippen molar-refractivity contribution >= 4 is 27.7 Å². The molecule has 0 aliphatic carbocycles. The molecule has 0 atom stereocenters. The number of anilines is 1. The number of rotatable bonds is 6. The maximum atomic E-state index is 12.0. The lowest BCUT2D eigenvalue weighted by atomic mass is 10.2. The molecule has 1 amide bonds. The largest absolute Gasteiger partial charge is 0.497 e. The summed E-state index contributed by atoms with van der Waals surface area (Å²) < 4.78 is 30.2. The highest BCUT2D eigenvalue weighted by molar-refractivity contribution is 7.89. The van der Waals surface area contributed by atoms with Crippen molar-refractivity contribution in [2.24, 2.45) is 0 Å². The summed E-state index contributed by atoms with van der Waals surface area (Å²) in [5.41, 5.74) is 1.38. The average Bonchev–Trinajstić information content (AvgIpc) is 2.60. The van der Waals surface area contributed by atoms with E-state index in [4.69, 9.17) is 4.74 Å². The molecule has 0 bridgehead atoms. The fraction of sp³-hybridized carbons (Fsp3) is 0.167. The normalized spacial score (nSPS) is 11.7. The van der Waals surface area contributed by atoms with E-state index >= 15 is 0 Å². The Kier molecular flexibility index (Phi) is 5.95. The summed E-state index contributed by atoms with van der Waals surface area (Å²) in [6.07, 6.45) is 3.09. The molecule has 0 aromatic heterocycles. The zero-order chi connectivity index (χ0) is 18.4. The Balaban J connectivity index is 2.01. The molecule has 2 aromatic carbocycles. The minimum atomic E-state index is -3.48. The summed E-state index contributed by atoms with van der Waals surface area (Å²) in [4.78, 5) is 12.1. The number of methoxy groups -OCH3 is 1. The zero-order valence-electron chi connectivity index (χ0n) is 14.3. The molecule has 1 N–H and O–H groups in total. The van der Waals surface area contributed by atoms with Crippen LogP contribution in [-0.4, -0.2) is 39.8 Å². The maximum Gasteiger partial charge on any atom is 0.248 e. The Labute approximate surface area is 147 Å². The Bertz CT molecular complexity index is 855. The van der Waals surface area contributed by atoms with Gasteiger partial charge in [-0.05, 0) is 48.0 Å². The van der Waals surface area contributed by atoms with Crippen molar-refractivity contribution in [3.05, 3.63) is 60.2 Å². The number of sulfonamides is 1. The Morgan fingerprint density at radius 2 is 1.64 bits per heavy atom. The molecule has 0 spiro atoms. The minimum absolute atomic E-state index is 0.171. The number of nitrogens with zero attached hydrogens (tertiary/aromatic N) is 1.